The molecular formula is C12H21NO3S2. The standard InChI is InChI=1S/C12H19N.H2O3S2/c1-3-5-11-13(4-2)12-9-7-6-8-10-12;1-5(2,3)4/h6-10H,3-5,11H2,1-2H3;(H2,1,2,3,4). The topological polar surface area (TPSA) is 60.8 Å². The lowest BCUT2D eigenvalue weighted by Crippen LogP contribution is -2.23. The van der Waals surface area contributed by atoms with Crippen molar-refractivity contribution < 1.29 is 13.3 Å². The van der Waals surface area contributed by atoms with E-state index >= 15 is 0 Å². The Hall–Kier alpha value is -0.690. The zero-order chi connectivity index (χ0) is 14.0. The second kappa shape index (κ2) is 9.27. The number of nitrogens with zero attached hydrogens (tertiary/aromatic N) is 1. The van der Waals surface area contributed by atoms with E-state index in [1.807, 2.05) is 0 Å². The van der Waals surface area contributed by atoms with Gasteiger partial charge in [0.05, 0.1) is 0 Å². The van der Waals surface area contributed by atoms with Gasteiger partial charge in [0.15, 0.2) is 0 Å². The number of rotatable bonds is 5. The third-order valence-corrected chi connectivity index (χ3v) is 2.28. The summed E-state index contributed by atoms with van der Waals surface area (Å²) in [5, 5.41) is 0. The summed E-state index contributed by atoms with van der Waals surface area (Å²) in [7, 11) is -3.83. The van der Waals surface area contributed by atoms with Gasteiger partial charge in [0, 0.05) is 30.0 Å². The molecule has 0 radical (unpaired) electrons. The van der Waals surface area contributed by atoms with Gasteiger partial charge in [-0.25, -0.2) is 0 Å². The van der Waals surface area contributed by atoms with E-state index in [9.17, 15) is 0 Å². The number of hydrogen-bond donors (Lipinski definition) is 2. The molecule has 0 spiro atoms. The van der Waals surface area contributed by atoms with Gasteiger partial charge in [0.1, 0.15) is 0 Å². The Bertz CT molecular complexity index is 399. The first-order valence-corrected chi connectivity index (χ1v) is 8.28. The van der Waals surface area contributed by atoms with E-state index in [4.69, 9.17) is 13.3 Å². The van der Waals surface area contributed by atoms with Crippen LogP contribution < -0.4 is 4.90 Å². The van der Waals surface area contributed by atoms with Crippen LogP contribution in [-0.4, -0.2) is 26.4 Å². The number of unbranched alkanes of at least 4 members (excludes halogenated alkanes) is 1. The zero-order valence-electron chi connectivity index (χ0n) is 10.8. The average molecular weight is 291 g/mol. The number of hydrogen-bond acceptors (Lipinski definition) is 3. The molecule has 0 aliphatic carbocycles. The van der Waals surface area contributed by atoms with Crippen molar-refractivity contribution in [2.75, 3.05) is 18.0 Å². The predicted octanol–water partition coefficient (Wildman–Crippen LogP) is 2.99. The largest absolute Gasteiger partial charge is 0.372 e. The maximum absolute atomic E-state index is 9.11. The monoisotopic (exact) mass is 291 g/mol. The van der Waals surface area contributed by atoms with Crippen LogP contribution in [0.5, 0.6) is 0 Å². The molecular weight excluding hydrogens is 270 g/mol. The van der Waals surface area contributed by atoms with Gasteiger partial charge in [-0.2, -0.15) is 4.21 Å². The van der Waals surface area contributed by atoms with Crippen molar-refractivity contribution in [1.82, 2.24) is 0 Å². The van der Waals surface area contributed by atoms with Gasteiger partial charge in [0.25, 0.3) is 9.05 Å². The van der Waals surface area contributed by atoms with E-state index in [1.54, 1.807) is 0 Å². The summed E-state index contributed by atoms with van der Waals surface area (Å²) >= 11 is 3.47. The van der Waals surface area contributed by atoms with Crippen LogP contribution in [-0.2, 0) is 20.2 Å². The van der Waals surface area contributed by atoms with Crippen molar-refractivity contribution in [2.45, 2.75) is 26.7 Å². The van der Waals surface area contributed by atoms with Gasteiger partial charge in [-0.05, 0) is 25.5 Å². The van der Waals surface area contributed by atoms with Crippen molar-refractivity contribution in [1.29, 1.82) is 0 Å². The van der Waals surface area contributed by atoms with E-state index in [0.29, 0.717) is 0 Å². The van der Waals surface area contributed by atoms with Gasteiger partial charge >= 0.3 is 0 Å². The van der Waals surface area contributed by atoms with Crippen LogP contribution in [0.2, 0.25) is 0 Å². The average Bonchev–Trinajstić information content (AvgIpc) is 2.29. The van der Waals surface area contributed by atoms with Gasteiger partial charge in [-0.15, -0.1) is 0 Å². The highest BCUT2D eigenvalue weighted by Gasteiger charge is 2.00. The molecule has 0 heterocycles. The van der Waals surface area contributed by atoms with E-state index in [2.05, 4.69) is 60.3 Å². The molecule has 1 rings (SSSR count). The quantitative estimate of drug-likeness (QED) is 0.873. The molecule has 0 saturated carbocycles. The third kappa shape index (κ3) is 10.5. The Morgan fingerprint density at radius 3 is 2.11 bits per heavy atom. The van der Waals surface area contributed by atoms with Crippen LogP contribution in [0.4, 0.5) is 5.69 Å². The Labute approximate surface area is 114 Å². The lowest BCUT2D eigenvalue weighted by atomic mass is 10.2. The van der Waals surface area contributed by atoms with Crippen molar-refractivity contribution >= 4 is 25.9 Å². The van der Waals surface area contributed by atoms with E-state index < -0.39 is 9.05 Å². The highest BCUT2D eigenvalue weighted by atomic mass is 32.9. The fourth-order valence-corrected chi connectivity index (χ4v) is 1.46. The third-order valence-electron chi connectivity index (χ3n) is 2.28. The Balaban J connectivity index is 0.000000494. The van der Waals surface area contributed by atoms with Gasteiger partial charge in [-0.3, -0.25) is 9.11 Å². The fourth-order valence-electron chi connectivity index (χ4n) is 1.46. The lowest BCUT2D eigenvalue weighted by Gasteiger charge is -2.22. The maximum atomic E-state index is 9.11. The molecule has 104 valence electrons. The molecule has 0 amide bonds. The first-order chi connectivity index (χ1) is 8.38. The number of anilines is 1. The molecule has 1 aromatic carbocycles. The molecule has 0 atom stereocenters. The Morgan fingerprint density at radius 2 is 1.72 bits per heavy atom. The number of benzene rings is 1. The summed E-state index contributed by atoms with van der Waals surface area (Å²) in [6.07, 6.45) is 2.55. The molecule has 0 unspecified atom stereocenters. The molecule has 0 saturated heterocycles. The van der Waals surface area contributed by atoms with Crippen LogP contribution in [0.3, 0.4) is 0 Å². The number of para-hydroxylation sites is 1. The summed E-state index contributed by atoms with van der Waals surface area (Å²) in [5.74, 6) is 0. The molecule has 0 bridgehead atoms. The smallest absolute Gasteiger partial charge is 0.263 e. The molecule has 6 heteroatoms. The maximum Gasteiger partial charge on any atom is 0.263 e. The van der Waals surface area contributed by atoms with Crippen LogP contribution in [0.15, 0.2) is 30.3 Å². The second-order valence-corrected chi connectivity index (χ2v) is 5.91. The van der Waals surface area contributed by atoms with Crippen molar-refractivity contribution in [3.8, 4) is 0 Å². The summed E-state index contributed by atoms with van der Waals surface area (Å²) < 4.78 is 24.0. The minimum absolute atomic E-state index is 1.10. The second-order valence-electron chi connectivity index (χ2n) is 3.72. The molecule has 4 nitrogen and oxygen atoms in total. The van der Waals surface area contributed by atoms with Crippen molar-refractivity contribution in [3.05, 3.63) is 30.3 Å². The van der Waals surface area contributed by atoms with Crippen LogP contribution in [0, 0.1) is 0 Å². The molecule has 0 aromatic heterocycles. The predicted molar refractivity (Wildman–Crippen MR) is 80.0 cm³/mol. The van der Waals surface area contributed by atoms with E-state index in [1.165, 1.54) is 25.1 Å². The van der Waals surface area contributed by atoms with E-state index in [0.717, 1.165) is 6.54 Å². The summed E-state index contributed by atoms with van der Waals surface area (Å²) in [4.78, 5) is 2.42. The molecule has 2 N–H and O–H groups in total. The lowest BCUT2D eigenvalue weighted by molar-refractivity contribution is 0.450. The van der Waals surface area contributed by atoms with Crippen molar-refractivity contribution in [2.24, 2.45) is 0 Å². The normalized spacial score (nSPS) is 10.4. The minimum atomic E-state index is -3.83. The van der Waals surface area contributed by atoms with Gasteiger partial charge in [0.2, 0.25) is 0 Å². The van der Waals surface area contributed by atoms with Gasteiger partial charge in [-0.1, -0.05) is 31.5 Å². The highest BCUT2D eigenvalue weighted by Crippen LogP contribution is 2.13. The zero-order valence-corrected chi connectivity index (χ0v) is 12.4. The first-order valence-electron chi connectivity index (χ1n) is 5.88. The molecule has 0 fully saturated rings. The molecule has 0 aliphatic heterocycles. The van der Waals surface area contributed by atoms with Crippen LogP contribution >= 0.6 is 0 Å². The van der Waals surface area contributed by atoms with Crippen LogP contribution in [0.1, 0.15) is 26.7 Å². The first kappa shape index (κ1) is 17.3. The minimum Gasteiger partial charge on any atom is -0.372 e. The summed E-state index contributed by atoms with van der Waals surface area (Å²) in [6.45, 7) is 6.72. The molecule has 1 aromatic rings. The van der Waals surface area contributed by atoms with Crippen molar-refractivity contribution in [3.63, 3.8) is 0 Å². The Kier molecular flexibility index (Phi) is 8.91. The fraction of sp³-hybridized carbons (Fsp3) is 0.500. The summed E-state index contributed by atoms with van der Waals surface area (Å²) in [6, 6.07) is 10.6. The highest BCUT2D eigenvalue weighted by molar-refractivity contribution is 8.26. The van der Waals surface area contributed by atoms with E-state index in [-0.39, 0.29) is 0 Å². The summed E-state index contributed by atoms with van der Waals surface area (Å²) in [5.41, 5.74) is 1.35. The molecule has 18 heavy (non-hydrogen) atoms. The molecule has 0 aliphatic rings. The van der Waals surface area contributed by atoms with Gasteiger partial charge < -0.3 is 4.90 Å². The van der Waals surface area contributed by atoms with Crippen LogP contribution in [0.25, 0.3) is 0 Å². The Morgan fingerprint density at radius 1 is 1.22 bits per heavy atom. The SMILES string of the molecule is CCCCN(CC)c1ccccc1.O=S(O)(O)=S.